The maximum absolute atomic E-state index is 13.0. The molecule has 6 heteroatoms. The Bertz CT molecular complexity index is 848. The zero-order valence-electron chi connectivity index (χ0n) is 14.4. The van der Waals surface area contributed by atoms with Crippen LogP contribution in [-0.2, 0) is 12.8 Å². The number of thioether (sulfide) groups is 1. The van der Waals surface area contributed by atoms with Crippen LogP contribution >= 0.6 is 11.8 Å². The van der Waals surface area contributed by atoms with E-state index in [0.717, 1.165) is 27.9 Å². The van der Waals surface area contributed by atoms with E-state index in [0.29, 0.717) is 5.75 Å². The Morgan fingerprint density at radius 1 is 1.16 bits per heavy atom. The maximum atomic E-state index is 13.0. The Kier molecular flexibility index (Phi) is 5.38. The molecular weight excluding hydrogens is 337 g/mol. The Morgan fingerprint density at radius 2 is 1.92 bits per heavy atom. The summed E-state index contributed by atoms with van der Waals surface area (Å²) in [5.41, 5.74) is 2.19. The number of nitrogens with zero attached hydrogens (tertiary/aromatic N) is 3. The van der Waals surface area contributed by atoms with Crippen molar-refractivity contribution in [2.24, 2.45) is 7.05 Å². The SMILES string of the molecule is Cc1cccc(OC(C)c2nnc(SCc3ccc(F)cc3)n2C)c1. The summed E-state index contributed by atoms with van der Waals surface area (Å²) < 4.78 is 20.9. The van der Waals surface area contributed by atoms with E-state index >= 15 is 0 Å². The highest BCUT2D eigenvalue weighted by atomic mass is 32.2. The molecule has 0 saturated heterocycles. The fraction of sp³-hybridized carbons (Fsp3) is 0.263. The molecule has 0 bridgehead atoms. The van der Waals surface area contributed by atoms with Crippen LogP contribution < -0.4 is 4.74 Å². The summed E-state index contributed by atoms with van der Waals surface area (Å²) in [6.07, 6.45) is -0.209. The van der Waals surface area contributed by atoms with Crippen LogP contribution in [0.25, 0.3) is 0 Å². The zero-order chi connectivity index (χ0) is 17.8. The van der Waals surface area contributed by atoms with Gasteiger partial charge < -0.3 is 9.30 Å². The lowest BCUT2D eigenvalue weighted by Crippen LogP contribution is -2.10. The molecule has 3 aromatic rings. The Hall–Kier alpha value is -2.34. The standard InChI is InChI=1S/C19H20FN3OS/c1-13-5-4-6-17(11-13)24-14(2)18-21-22-19(23(18)3)25-12-15-7-9-16(20)10-8-15/h4-11,14H,12H2,1-3H3. The molecule has 1 heterocycles. The van der Waals surface area contributed by atoms with E-state index in [1.54, 1.807) is 23.9 Å². The quantitative estimate of drug-likeness (QED) is 0.600. The van der Waals surface area contributed by atoms with Gasteiger partial charge in [-0.05, 0) is 49.2 Å². The van der Waals surface area contributed by atoms with E-state index in [2.05, 4.69) is 10.2 Å². The third-order valence-electron chi connectivity index (χ3n) is 3.82. The van der Waals surface area contributed by atoms with Gasteiger partial charge in [-0.1, -0.05) is 36.0 Å². The summed E-state index contributed by atoms with van der Waals surface area (Å²) in [6, 6.07) is 14.4. The van der Waals surface area contributed by atoms with Gasteiger partial charge in [0.1, 0.15) is 11.6 Å². The van der Waals surface area contributed by atoms with Gasteiger partial charge in [-0.25, -0.2) is 4.39 Å². The number of hydrogen-bond donors (Lipinski definition) is 0. The second-order valence-corrected chi connectivity index (χ2v) is 6.83. The first-order chi connectivity index (χ1) is 12.0. The number of aromatic nitrogens is 3. The zero-order valence-corrected chi connectivity index (χ0v) is 15.3. The molecule has 4 nitrogen and oxygen atoms in total. The predicted octanol–water partition coefficient (Wildman–Crippen LogP) is 4.69. The summed E-state index contributed by atoms with van der Waals surface area (Å²) in [7, 11) is 1.93. The van der Waals surface area contributed by atoms with Gasteiger partial charge in [0.05, 0.1) is 0 Å². The highest BCUT2D eigenvalue weighted by Crippen LogP contribution is 2.25. The molecule has 1 unspecified atom stereocenters. The van der Waals surface area contributed by atoms with Crippen molar-refractivity contribution in [2.45, 2.75) is 30.9 Å². The van der Waals surface area contributed by atoms with Crippen molar-refractivity contribution < 1.29 is 9.13 Å². The molecule has 1 atom stereocenters. The monoisotopic (exact) mass is 357 g/mol. The molecule has 0 aliphatic carbocycles. The maximum Gasteiger partial charge on any atom is 0.191 e. The highest BCUT2D eigenvalue weighted by Gasteiger charge is 2.17. The van der Waals surface area contributed by atoms with Crippen LogP contribution in [0.5, 0.6) is 5.75 Å². The molecule has 25 heavy (non-hydrogen) atoms. The number of aryl methyl sites for hydroxylation is 1. The van der Waals surface area contributed by atoms with E-state index in [1.165, 1.54) is 12.1 Å². The van der Waals surface area contributed by atoms with Gasteiger partial charge in [0.2, 0.25) is 0 Å². The fourth-order valence-corrected chi connectivity index (χ4v) is 3.35. The molecule has 130 valence electrons. The van der Waals surface area contributed by atoms with Gasteiger partial charge in [-0.3, -0.25) is 0 Å². The highest BCUT2D eigenvalue weighted by molar-refractivity contribution is 7.98. The van der Waals surface area contributed by atoms with Crippen LogP contribution in [0.3, 0.4) is 0 Å². The summed E-state index contributed by atoms with van der Waals surface area (Å²) in [4.78, 5) is 0. The molecule has 0 amide bonds. The fourth-order valence-electron chi connectivity index (χ4n) is 2.48. The van der Waals surface area contributed by atoms with Gasteiger partial charge in [-0.2, -0.15) is 0 Å². The van der Waals surface area contributed by atoms with Crippen molar-refractivity contribution >= 4 is 11.8 Å². The summed E-state index contributed by atoms with van der Waals surface area (Å²) >= 11 is 1.56. The van der Waals surface area contributed by atoms with Crippen molar-refractivity contribution in [1.82, 2.24) is 14.8 Å². The summed E-state index contributed by atoms with van der Waals surface area (Å²) in [6.45, 7) is 3.99. The van der Waals surface area contributed by atoms with Gasteiger partial charge in [-0.15, -0.1) is 10.2 Å². The number of hydrogen-bond acceptors (Lipinski definition) is 4. The minimum Gasteiger partial charge on any atom is -0.483 e. The Morgan fingerprint density at radius 3 is 2.64 bits per heavy atom. The van der Waals surface area contributed by atoms with Crippen LogP contribution in [0.1, 0.15) is 30.0 Å². The third kappa shape index (κ3) is 4.39. The summed E-state index contributed by atoms with van der Waals surface area (Å²) in [5, 5.41) is 9.32. The van der Waals surface area contributed by atoms with Crippen molar-refractivity contribution in [3.8, 4) is 5.75 Å². The normalized spacial score (nSPS) is 12.2. The van der Waals surface area contributed by atoms with Crippen molar-refractivity contribution in [2.75, 3.05) is 0 Å². The first-order valence-corrected chi connectivity index (χ1v) is 9.01. The predicted molar refractivity (Wildman–Crippen MR) is 97.2 cm³/mol. The minimum absolute atomic E-state index is 0.209. The van der Waals surface area contributed by atoms with Crippen LogP contribution in [0.4, 0.5) is 4.39 Å². The van der Waals surface area contributed by atoms with Gasteiger partial charge in [0.25, 0.3) is 0 Å². The van der Waals surface area contributed by atoms with Crippen LogP contribution in [0.15, 0.2) is 53.7 Å². The molecule has 1 aromatic heterocycles. The van der Waals surface area contributed by atoms with Crippen molar-refractivity contribution in [1.29, 1.82) is 0 Å². The average Bonchev–Trinajstić information content (AvgIpc) is 2.95. The van der Waals surface area contributed by atoms with Crippen molar-refractivity contribution in [3.05, 3.63) is 71.3 Å². The second-order valence-electron chi connectivity index (χ2n) is 5.89. The Labute approximate surface area is 151 Å². The molecule has 3 rings (SSSR count). The minimum atomic E-state index is -0.225. The second kappa shape index (κ2) is 7.70. The van der Waals surface area contributed by atoms with E-state index < -0.39 is 0 Å². The number of benzene rings is 2. The molecule has 0 aliphatic heterocycles. The molecular formula is C19H20FN3OS. The van der Waals surface area contributed by atoms with E-state index in [4.69, 9.17) is 4.74 Å². The van der Waals surface area contributed by atoms with E-state index in [1.807, 2.05) is 49.7 Å². The average molecular weight is 357 g/mol. The largest absolute Gasteiger partial charge is 0.483 e. The first-order valence-electron chi connectivity index (χ1n) is 8.03. The number of halogens is 1. The van der Waals surface area contributed by atoms with Crippen molar-refractivity contribution in [3.63, 3.8) is 0 Å². The third-order valence-corrected chi connectivity index (χ3v) is 4.91. The molecule has 0 N–H and O–H groups in total. The van der Waals surface area contributed by atoms with Crippen LogP contribution in [-0.4, -0.2) is 14.8 Å². The molecule has 0 saturated carbocycles. The number of rotatable bonds is 6. The van der Waals surface area contributed by atoms with Crippen LogP contribution in [0.2, 0.25) is 0 Å². The topological polar surface area (TPSA) is 39.9 Å². The van der Waals surface area contributed by atoms with E-state index in [-0.39, 0.29) is 11.9 Å². The smallest absolute Gasteiger partial charge is 0.191 e. The lowest BCUT2D eigenvalue weighted by atomic mass is 10.2. The molecule has 0 fully saturated rings. The van der Waals surface area contributed by atoms with Gasteiger partial charge in [0, 0.05) is 12.8 Å². The van der Waals surface area contributed by atoms with Crippen LogP contribution in [0, 0.1) is 12.7 Å². The number of ether oxygens (including phenoxy) is 1. The molecule has 0 spiro atoms. The molecule has 0 radical (unpaired) electrons. The first kappa shape index (κ1) is 17.5. The molecule has 0 aliphatic rings. The summed E-state index contributed by atoms with van der Waals surface area (Å²) in [5.74, 6) is 2.07. The lowest BCUT2D eigenvalue weighted by Gasteiger charge is -2.14. The van der Waals surface area contributed by atoms with Gasteiger partial charge in [0.15, 0.2) is 17.1 Å². The Balaban J connectivity index is 1.66. The lowest BCUT2D eigenvalue weighted by molar-refractivity contribution is 0.211. The van der Waals surface area contributed by atoms with Gasteiger partial charge >= 0.3 is 0 Å². The van der Waals surface area contributed by atoms with E-state index in [9.17, 15) is 4.39 Å². The molecule has 2 aromatic carbocycles.